The number of aromatic hydroxyl groups is 1. The quantitative estimate of drug-likeness (QED) is 0.273. The Kier molecular flexibility index (Phi) is 5.78. The van der Waals surface area contributed by atoms with Crippen LogP contribution in [0.1, 0.15) is 24.0 Å². The van der Waals surface area contributed by atoms with Crippen LogP contribution in [-0.4, -0.2) is 19.6 Å². The summed E-state index contributed by atoms with van der Waals surface area (Å²) in [6, 6.07) is 36.8. The Morgan fingerprint density at radius 2 is 1.43 bits per heavy atom. The summed E-state index contributed by atoms with van der Waals surface area (Å²) in [7, 11) is 1.99. The van der Waals surface area contributed by atoms with E-state index in [-0.39, 0.29) is 11.7 Å². The van der Waals surface area contributed by atoms with Gasteiger partial charge in [-0.1, -0.05) is 85.8 Å². The molecule has 0 amide bonds. The van der Waals surface area contributed by atoms with Crippen molar-refractivity contribution >= 4 is 11.0 Å². The number of pyridine rings is 1. The second-order valence-electron chi connectivity index (χ2n) is 9.37. The Hall–Kier alpha value is -4.70. The summed E-state index contributed by atoms with van der Waals surface area (Å²) in [5, 5.41) is 10.4. The summed E-state index contributed by atoms with van der Waals surface area (Å²) in [6.45, 7) is 2.21. The monoisotopic (exact) mass is 481 g/mol. The average Bonchev–Trinajstić information content (AvgIpc) is 3.29. The molecule has 180 valence electrons. The molecule has 0 aliphatic carbocycles. The lowest BCUT2D eigenvalue weighted by molar-refractivity contribution is 0.476. The van der Waals surface area contributed by atoms with Crippen molar-refractivity contribution < 1.29 is 5.11 Å². The Morgan fingerprint density at radius 3 is 2.22 bits per heavy atom. The lowest BCUT2D eigenvalue weighted by Crippen LogP contribution is -1.97. The number of phenolic OH excluding ortho intramolecular Hbond substituents is 1. The van der Waals surface area contributed by atoms with Crippen molar-refractivity contribution in [3.05, 3.63) is 127 Å². The first kappa shape index (κ1) is 22.7. The third kappa shape index (κ3) is 4.17. The largest absolute Gasteiger partial charge is 0.507 e. The van der Waals surface area contributed by atoms with Gasteiger partial charge in [0, 0.05) is 30.3 Å². The zero-order valence-corrected chi connectivity index (χ0v) is 20.8. The summed E-state index contributed by atoms with van der Waals surface area (Å²) in [4.78, 5) is 9.78. The molecule has 4 nitrogen and oxygen atoms in total. The van der Waals surface area contributed by atoms with Crippen LogP contribution in [-0.2, 0) is 7.05 Å². The van der Waals surface area contributed by atoms with Crippen molar-refractivity contribution in [3.8, 4) is 39.5 Å². The fourth-order valence-electron chi connectivity index (χ4n) is 4.96. The van der Waals surface area contributed by atoms with Gasteiger partial charge in [-0.3, -0.25) is 4.98 Å². The molecule has 2 aromatic heterocycles. The van der Waals surface area contributed by atoms with Crippen LogP contribution in [0.5, 0.6) is 5.75 Å². The molecule has 37 heavy (non-hydrogen) atoms. The van der Waals surface area contributed by atoms with Crippen LogP contribution >= 0.6 is 0 Å². The highest BCUT2D eigenvalue weighted by Gasteiger charge is 2.16. The number of nitrogens with zero attached hydrogens (tertiary/aromatic N) is 3. The SMILES string of the molecule is CC(c1ccccc1)c1ccc(-c2cccc(-c3cccc4c3nc(-c3ccccc3O)n4C)c2)nc1. The molecule has 1 N–H and O–H groups in total. The molecule has 0 aliphatic heterocycles. The Morgan fingerprint density at radius 1 is 0.703 bits per heavy atom. The maximum Gasteiger partial charge on any atom is 0.144 e. The Balaban J connectivity index is 1.37. The van der Waals surface area contributed by atoms with Gasteiger partial charge in [0.05, 0.1) is 22.3 Å². The van der Waals surface area contributed by atoms with Crippen LogP contribution < -0.4 is 0 Å². The van der Waals surface area contributed by atoms with Crippen LogP contribution in [0.2, 0.25) is 0 Å². The second-order valence-corrected chi connectivity index (χ2v) is 9.37. The average molecular weight is 482 g/mol. The fraction of sp³-hybridized carbons (Fsp3) is 0.0909. The number of fused-ring (bicyclic) bond motifs is 1. The molecule has 0 fully saturated rings. The van der Waals surface area contributed by atoms with E-state index in [4.69, 9.17) is 9.97 Å². The molecule has 2 heterocycles. The van der Waals surface area contributed by atoms with Gasteiger partial charge in [0.25, 0.3) is 0 Å². The predicted octanol–water partition coefficient (Wildman–Crippen LogP) is 7.83. The lowest BCUT2D eigenvalue weighted by Gasteiger charge is -2.13. The van der Waals surface area contributed by atoms with Gasteiger partial charge in [-0.2, -0.15) is 0 Å². The number of aromatic nitrogens is 3. The molecule has 6 aromatic rings. The van der Waals surface area contributed by atoms with E-state index < -0.39 is 0 Å². The van der Waals surface area contributed by atoms with Crippen LogP contribution in [0.4, 0.5) is 0 Å². The van der Waals surface area contributed by atoms with Gasteiger partial charge in [-0.05, 0) is 47.0 Å². The van der Waals surface area contributed by atoms with Crippen molar-refractivity contribution in [2.45, 2.75) is 12.8 Å². The van der Waals surface area contributed by atoms with E-state index in [1.165, 1.54) is 11.1 Å². The van der Waals surface area contributed by atoms with Crippen molar-refractivity contribution in [1.29, 1.82) is 0 Å². The molecule has 0 radical (unpaired) electrons. The summed E-state index contributed by atoms with van der Waals surface area (Å²) in [5.74, 6) is 1.25. The number of benzene rings is 4. The lowest BCUT2D eigenvalue weighted by atomic mass is 9.94. The van der Waals surface area contributed by atoms with Gasteiger partial charge >= 0.3 is 0 Å². The first-order valence-corrected chi connectivity index (χ1v) is 12.5. The fourth-order valence-corrected chi connectivity index (χ4v) is 4.96. The number of phenols is 1. The highest BCUT2D eigenvalue weighted by molar-refractivity contribution is 5.95. The third-order valence-electron chi connectivity index (χ3n) is 7.11. The molecule has 4 heteroatoms. The van der Waals surface area contributed by atoms with Crippen molar-refractivity contribution in [1.82, 2.24) is 14.5 Å². The first-order chi connectivity index (χ1) is 18.1. The summed E-state index contributed by atoms with van der Waals surface area (Å²) < 4.78 is 2.03. The number of hydrogen-bond donors (Lipinski definition) is 1. The van der Waals surface area contributed by atoms with Gasteiger partial charge < -0.3 is 9.67 Å². The van der Waals surface area contributed by atoms with Gasteiger partial charge in [0.2, 0.25) is 0 Å². The zero-order valence-electron chi connectivity index (χ0n) is 20.8. The summed E-state index contributed by atoms with van der Waals surface area (Å²) in [5.41, 5.74) is 9.24. The van der Waals surface area contributed by atoms with Gasteiger partial charge in [-0.25, -0.2) is 4.98 Å². The van der Waals surface area contributed by atoms with E-state index in [1.54, 1.807) is 6.07 Å². The molecule has 0 saturated carbocycles. The van der Waals surface area contributed by atoms with Crippen LogP contribution in [0, 0.1) is 0 Å². The van der Waals surface area contributed by atoms with Gasteiger partial charge in [-0.15, -0.1) is 0 Å². The van der Waals surface area contributed by atoms with Crippen LogP contribution in [0.3, 0.4) is 0 Å². The summed E-state index contributed by atoms with van der Waals surface area (Å²) >= 11 is 0. The number of para-hydroxylation sites is 2. The minimum absolute atomic E-state index is 0.223. The molecule has 0 bridgehead atoms. The van der Waals surface area contributed by atoms with E-state index in [2.05, 4.69) is 85.8 Å². The number of aryl methyl sites for hydroxylation is 1. The highest BCUT2D eigenvalue weighted by Crippen LogP contribution is 2.35. The Bertz CT molecular complexity index is 1700. The number of rotatable bonds is 5. The maximum absolute atomic E-state index is 10.4. The second kappa shape index (κ2) is 9.40. The predicted molar refractivity (Wildman–Crippen MR) is 150 cm³/mol. The van der Waals surface area contributed by atoms with Crippen LogP contribution in [0.15, 0.2) is 115 Å². The number of hydrogen-bond acceptors (Lipinski definition) is 3. The van der Waals surface area contributed by atoms with Gasteiger partial charge in [0.1, 0.15) is 11.6 Å². The van der Waals surface area contributed by atoms with Crippen molar-refractivity contribution in [2.75, 3.05) is 0 Å². The van der Waals surface area contributed by atoms with E-state index in [0.717, 1.165) is 44.8 Å². The van der Waals surface area contributed by atoms with Crippen LogP contribution in [0.25, 0.3) is 44.8 Å². The van der Waals surface area contributed by atoms with E-state index >= 15 is 0 Å². The minimum atomic E-state index is 0.223. The molecule has 0 aliphatic rings. The molecule has 1 atom stereocenters. The zero-order chi connectivity index (χ0) is 25.4. The molecule has 6 rings (SSSR count). The summed E-state index contributed by atoms with van der Waals surface area (Å²) in [6.07, 6.45) is 1.98. The standard InChI is InChI=1S/C33H27N3O/c1-22(23-10-4-3-5-11-23)26-18-19-29(34-21-26)25-13-8-12-24(20-25)27-15-9-16-30-32(27)35-33(36(30)2)28-14-6-7-17-31(28)37/h3-22,37H,1-2H3. The maximum atomic E-state index is 10.4. The first-order valence-electron chi connectivity index (χ1n) is 12.5. The molecule has 0 spiro atoms. The molecular weight excluding hydrogens is 454 g/mol. The van der Waals surface area contributed by atoms with Crippen molar-refractivity contribution in [3.63, 3.8) is 0 Å². The third-order valence-corrected chi connectivity index (χ3v) is 7.11. The topological polar surface area (TPSA) is 50.9 Å². The smallest absolute Gasteiger partial charge is 0.144 e. The van der Waals surface area contributed by atoms with E-state index in [9.17, 15) is 5.11 Å². The minimum Gasteiger partial charge on any atom is -0.507 e. The number of imidazole rings is 1. The Labute approximate surface area is 216 Å². The molecular formula is C33H27N3O. The van der Waals surface area contributed by atoms with E-state index in [1.807, 2.05) is 42.1 Å². The van der Waals surface area contributed by atoms with E-state index in [0.29, 0.717) is 0 Å². The highest BCUT2D eigenvalue weighted by atomic mass is 16.3. The van der Waals surface area contributed by atoms with Crippen molar-refractivity contribution in [2.24, 2.45) is 7.05 Å². The normalized spacial score (nSPS) is 12.1. The molecule has 0 saturated heterocycles. The molecule has 4 aromatic carbocycles. The molecule has 1 unspecified atom stereocenters. The van der Waals surface area contributed by atoms with Gasteiger partial charge in [0.15, 0.2) is 0 Å².